The molecule has 1 aromatic heterocycles. The molecular weight excluding hydrogens is 315 g/mol. The first-order valence-electron chi connectivity index (χ1n) is 5.51. The maximum atomic E-state index is 13.6. The lowest BCUT2D eigenvalue weighted by molar-refractivity contribution is -0.138. The van der Waals surface area contributed by atoms with Crippen molar-refractivity contribution in [3.63, 3.8) is 0 Å². The van der Waals surface area contributed by atoms with Crippen molar-refractivity contribution in [2.45, 2.75) is 12.3 Å². The van der Waals surface area contributed by atoms with Gasteiger partial charge in [-0.25, -0.2) is 14.4 Å². The van der Waals surface area contributed by atoms with E-state index in [9.17, 15) is 14.3 Å². The molecule has 1 N–H and O–H groups in total. The third kappa shape index (κ3) is 3.14. The van der Waals surface area contributed by atoms with E-state index in [-0.39, 0.29) is 6.42 Å². The molecule has 1 aromatic carbocycles. The number of aromatic nitrogens is 2. The van der Waals surface area contributed by atoms with Gasteiger partial charge < -0.3 is 5.11 Å². The Hall–Kier alpha value is -1.82. The maximum Gasteiger partial charge on any atom is 0.312 e. The van der Waals surface area contributed by atoms with Gasteiger partial charge in [0.25, 0.3) is 0 Å². The molecule has 1 atom stereocenters. The van der Waals surface area contributed by atoms with Crippen molar-refractivity contribution in [3.05, 3.63) is 58.3 Å². The summed E-state index contributed by atoms with van der Waals surface area (Å²) < 4.78 is 14.1. The van der Waals surface area contributed by atoms with Crippen molar-refractivity contribution < 1.29 is 14.3 Å². The number of benzene rings is 1. The van der Waals surface area contributed by atoms with Crippen LogP contribution in [0, 0.1) is 5.82 Å². The van der Waals surface area contributed by atoms with Crippen LogP contribution in [0.2, 0.25) is 0 Å². The summed E-state index contributed by atoms with van der Waals surface area (Å²) in [7, 11) is 0. The van der Waals surface area contributed by atoms with Crippen molar-refractivity contribution >= 4 is 21.9 Å². The van der Waals surface area contributed by atoms with Gasteiger partial charge in [0.2, 0.25) is 0 Å². The van der Waals surface area contributed by atoms with Crippen molar-refractivity contribution in [2.75, 3.05) is 0 Å². The van der Waals surface area contributed by atoms with Gasteiger partial charge in [0.15, 0.2) is 0 Å². The van der Waals surface area contributed by atoms with Crippen LogP contribution in [0.5, 0.6) is 0 Å². The van der Waals surface area contributed by atoms with E-state index in [1.54, 1.807) is 18.2 Å². The summed E-state index contributed by atoms with van der Waals surface area (Å²) in [5, 5.41) is 9.30. The van der Waals surface area contributed by atoms with Gasteiger partial charge in [-0.2, -0.15) is 0 Å². The molecule has 0 bridgehead atoms. The van der Waals surface area contributed by atoms with Crippen LogP contribution in [0.3, 0.4) is 0 Å². The molecular formula is C13H10BrFN2O2. The van der Waals surface area contributed by atoms with E-state index in [2.05, 4.69) is 25.9 Å². The SMILES string of the molecule is O=C(O)C(Cc1ccccc1F)c1ncncc1Br. The lowest BCUT2D eigenvalue weighted by Crippen LogP contribution is -2.17. The summed E-state index contributed by atoms with van der Waals surface area (Å²) in [5.41, 5.74) is 0.686. The molecule has 0 amide bonds. The number of nitrogens with zero attached hydrogens (tertiary/aromatic N) is 2. The highest BCUT2D eigenvalue weighted by molar-refractivity contribution is 9.10. The van der Waals surface area contributed by atoms with Crippen molar-refractivity contribution in [2.24, 2.45) is 0 Å². The fourth-order valence-electron chi connectivity index (χ4n) is 1.76. The number of halogens is 2. The van der Waals surface area contributed by atoms with E-state index in [0.29, 0.717) is 15.7 Å². The molecule has 1 heterocycles. The highest BCUT2D eigenvalue weighted by Gasteiger charge is 2.25. The predicted molar refractivity (Wildman–Crippen MR) is 70.2 cm³/mol. The Kier molecular flexibility index (Phi) is 4.21. The average Bonchev–Trinajstić information content (AvgIpc) is 2.38. The van der Waals surface area contributed by atoms with Gasteiger partial charge in [-0.05, 0) is 34.0 Å². The van der Waals surface area contributed by atoms with Crippen LogP contribution in [0.25, 0.3) is 0 Å². The number of carboxylic acids is 1. The fourth-order valence-corrected chi connectivity index (χ4v) is 2.26. The molecule has 2 aromatic rings. The van der Waals surface area contributed by atoms with E-state index in [1.807, 2.05) is 0 Å². The Morgan fingerprint density at radius 1 is 1.42 bits per heavy atom. The van der Waals surface area contributed by atoms with Crippen LogP contribution < -0.4 is 0 Å². The summed E-state index contributed by atoms with van der Waals surface area (Å²) in [5.74, 6) is -2.39. The van der Waals surface area contributed by atoms with Crippen LogP contribution in [0.15, 0.2) is 41.3 Å². The molecule has 19 heavy (non-hydrogen) atoms. The standard InChI is InChI=1S/C13H10BrFN2O2/c14-10-6-16-7-17-12(10)9(13(18)19)5-8-3-1-2-4-11(8)15/h1-4,6-7,9H,5H2,(H,18,19). The van der Waals surface area contributed by atoms with Crippen LogP contribution in [0.4, 0.5) is 4.39 Å². The summed E-state index contributed by atoms with van der Waals surface area (Å²) in [6.07, 6.45) is 2.79. The Morgan fingerprint density at radius 2 is 2.16 bits per heavy atom. The minimum atomic E-state index is -1.05. The quantitative estimate of drug-likeness (QED) is 0.939. The molecule has 0 spiro atoms. The van der Waals surface area contributed by atoms with Crippen LogP contribution >= 0.6 is 15.9 Å². The molecule has 0 aliphatic carbocycles. The first-order valence-corrected chi connectivity index (χ1v) is 6.30. The Labute approximate surface area is 117 Å². The number of aliphatic carboxylic acids is 1. The predicted octanol–water partition coefficient (Wildman–Crippen LogP) is 2.79. The van der Waals surface area contributed by atoms with Gasteiger partial charge in [0.1, 0.15) is 18.1 Å². The largest absolute Gasteiger partial charge is 0.481 e. The zero-order chi connectivity index (χ0) is 13.8. The third-order valence-electron chi connectivity index (χ3n) is 2.71. The molecule has 0 fully saturated rings. The lowest BCUT2D eigenvalue weighted by atomic mass is 9.96. The second-order valence-corrected chi connectivity index (χ2v) is 4.80. The number of hydrogen-bond acceptors (Lipinski definition) is 3. The second kappa shape index (κ2) is 5.88. The van der Waals surface area contributed by atoms with Gasteiger partial charge in [-0.1, -0.05) is 18.2 Å². The van der Waals surface area contributed by atoms with E-state index in [4.69, 9.17) is 0 Å². The normalized spacial score (nSPS) is 12.1. The fraction of sp³-hybridized carbons (Fsp3) is 0.154. The summed E-state index contributed by atoms with van der Waals surface area (Å²) in [4.78, 5) is 19.1. The molecule has 0 radical (unpaired) electrons. The number of carboxylic acid groups (broad SMARTS) is 1. The summed E-state index contributed by atoms with van der Waals surface area (Å²) in [6.45, 7) is 0. The van der Waals surface area contributed by atoms with E-state index >= 15 is 0 Å². The van der Waals surface area contributed by atoms with Crippen LogP contribution in [0.1, 0.15) is 17.2 Å². The topological polar surface area (TPSA) is 63.1 Å². The monoisotopic (exact) mass is 324 g/mol. The third-order valence-corrected chi connectivity index (χ3v) is 3.32. The highest BCUT2D eigenvalue weighted by Crippen LogP contribution is 2.26. The zero-order valence-electron chi connectivity index (χ0n) is 9.75. The van der Waals surface area contributed by atoms with Crippen molar-refractivity contribution in [3.8, 4) is 0 Å². The average molecular weight is 325 g/mol. The maximum absolute atomic E-state index is 13.6. The second-order valence-electron chi connectivity index (χ2n) is 3.94. The zero-order valence-corrected chi connectivity index (χ0v) is 11.3. The molecule has 1 unspecified atom stereocenters. The summed E-state index contributed by atoms with van der Waals surface area (Å²) in [6, 6.07) is 6.12. The Morgan fingerprint density at radius 3 is 2.79 bits per heavy atom. The van der Waals surface area contributed by atoms with Gasteiger partial charge in [0, 0.05) is 6.20 Å². The number of carbonyl (C=O) groups is 1. The lowest BCUT2D eigenvalue weighted by Gasteiger charge is -2.13. The van der Waals surface area contributed by atoms with E-state index in [1.165, 1.54) is 18.6 Å². The molecule has 2 rings (SSSR count). The molecule has 4 nitrogen and oxygen atoms in total. The minimum Gasteiger partial charge on any atom is -0.481 e. The van der Waals surface area contributed by atoms with Gasteiger partial charge in [-0.15, -0.1) is 0 Å². The first-order chi connectivity index (χ1) is 9.09. The number of rotatable bonds is 4. The van der Waals surface area contributed by atoms with Crippen molar-refractivity contribution in [1.82, 2.24) is 9.97 Å². The molecule has 98 valence electrons. The van der Waals surface area contributed by atoms with E-state index < -0.39 is 17.7 Å². The smallest absolute Gasteiger partial charge is 0.312 e. The Bertz CT molecular complexity index is 607. The van der Waals surface area contributed by atoms with Crippen molar-refractivity contribution in [1.29, 1.82) is 0 Å². The molecule has 6 heteroatoms. The van der Waals surface area contributed by atoms with E-state index in [0.717, 1.165) is 0 Å². The minimum absolute atomic E-state index is 0.0393. The molecule has 0 saturated carbocycles. The van der Waals surface area contributed by atoms with Crippen LogP contribution in [-0.4, -0.2) is 21.0 Å². The van der Waals surface area contributed by atoms with Crippen LogP contribution in [-0.2, 0) is 11.2 Å². The number of hydrogen-bond donors (Lipinski definition) is 1. The van der Waals surface area contributed by atoms with Gasteiger partial charge >= 0.3 is 5.97 Å². The molecule has 0 saturated heterocycles. The Balaban J connectivity index is 2.35. The summed E-state index contributed by atoms with van der Waals surface area (Å²) >= 11 is 3.22. The highest BCUT2D eigenvalue weighted by atomic mass is 79.9. The first kappa shape index (κ1) is 13.6. The van der Waals surface area contributed by atoms with Gasteiger partial charge in [0.05, 0.1) is 10.2 Å². The molecule has 0 aliphatic rings. The molecule has 0 aliphatic heterocycles. The van der Waals surface area contributed by atoms with Gasteiger partial charge in [-0.3, -0.25) is 4.79 Å².